The van der Waals surface area contributed by atoms with E-state index < -0.39 is 0 Å². The van der Waals surface area contributed by atoms with Crippen LogP contribution in [0.5, 0.6) is 0 Å². The molecule has 0 saturated carbocycles. The molecule has 1 amide bonds. The average molecular weight is 262 g/mol. The van der Waals surface area contributed by atoms with Gasteiger partial charge < -0.3 is 10.6 Å². The molecule has 3 rings (SSSR count). The Kier molecular flexibility index (Phi) is 3.31. The van der Waals surface area contributed by atoms with Gasteiger partial charge in [0.25, 0.3) is 0 Å². The van der Waals surface area contributed by atoms with E-state index in [9.17, 15) is 4.79 Å². The van der Waals surface area contributed by atoms with E-state index in [0.29, 0.717) is 24.4 Å². The van der Waals surface area contributed by atoms with Crippen molar-refractivity contribution in [3.8, 4) is 0 Å². The molecule has 3 heterocycles. The molecule has 2 N–H and O–H groups in total. The predicted octanol–water partition coefficient (Wildman–Crippen LogP) is 1.59. The highest BCUT2D eigenvalue weighted by Crippen LogP contribution is 2.32. The minimum absolute atomic E-state index is 0.127. The minimum Gasteiger partial charge on any atom is -0.323 e. The van der Waals surface area contributed by atoms with Gasteiger partial charge >= 0.3 is 0 Å². The fourth-order valence-electron chi connectivity index (χ4n) is 3.43. The summed E-state index contributed by atoms with van der Waals surface area (Å²) in [7, 11) is 1.88. The van der Waals surface area contributed by atoms with Crippen LogP contribution in [-0.4, -0.2) is 27.8 Å². The quantitative estimate of drug-likeness (QED) is 0.869. The van der Waals surface area contributed by atoms with Crippen molar-refractivity contribution in [3.05, 3.63) is 11.9 Å². The predicted molar refractivity (Wildman–Crippen MR) is 73.9 cm³/mol. The number of rotatable bonds is 3. The number of hydrogen-bond acceptors (Lipinski definition) is 3. The molecule has 2 saturated heterocycles. The topological polar surface area (TPSA) is 59.0 Å². The summed E-state index contributed by atoms with van der Waals surface area (Å²) in [6.45, 7) is 1.97. The number of hydrogen-bond donors (Lipinski definition) is 2. The molecule has 2 aliphatic rings. The number of anilines is 1. The molecule has 0 aromatic carbocycles. The van der Waals surface area contributed by atoms with Crippen LogP contribution in [0.3, 0.4) is 0 Å². The lowest BCUT2D eigenvalue weighted by Crippen LogP contribution is -2.39. The van der Waals surface area contributed by atoms with Gasteiger partial charge in [-0.25, -0.2) is 0 Å². The van der Waals surface area contributed by atoms with Gasteiger partial charge in [0.2, 0.25) is 5.91 Å². The summed E-state index contributed by atoms with van der Waals surface area (Å²) in [4.78, 5) is 12.1. The molecular formula is C14H22N4O. The first-order valence-electron chi connectivity index (χ1n) is 7.16. The number of nitrogens with one attached hydrogen (secondary N) is 2. The van der Waals surface area contributed by atoms with Gasteiger partial charge in [0, 0.05) is 25.6 Å². The van der Waals surface area contributed by atoms with E-state index in [1.807, 2.05) is 14.0 Å². The fourth-order valence-corrected chi connectivity index (χ4v) is 3.43. The van der Waals surface area contributed by atoms with Gasteiger partial charge in [-0.2, -0.15) is 5.10 Å². The molecular weight excluding hydrogens is 240 g/mol. The van der Waals surface area contributed by atoms with Crippen LogP contribution < -0.4 is 10.6 Å². The first-order chi connectivity index (χ1) is 9.11. The number of aromatic nitrogens is 2. The van der Waals surface area contributed by atoms with Crippen molar-refractivity contribution in [1.82, 2.24) is 15.1 Å². The van der Waals surface area contributed by atoms with Crippen LogP contribution in [0.15, 0.2) is 6.20 Å². The zero-order chi connectivity index (χ0) is 13.4. The van der Waals surface area contributed by atoms with Crippen LogP contribution in [0.1, 0.15) is 37.8 Å². The van der Waals surface area contributed by atoms with Gasteiger partial charge in [-0.05, 0) is 38.5 Å². The molecule has 1 aromatic heterocycles. The molecule has 2 atom stereocenters. The zero-order valence-corrected chi connectivity index (χ0v) is 11.6. The van der Waals surface area contributed by atoms with Crippen LogP contribution >= 0.6 is 0 Å². The molecule has 19 heavy (non-hydrogen) atoms. The van der Waals surface area contributed by atoms with Crippen LogP contribution in [0, 0.1) is 12.8 Å². The first kappa shape index (κ1) is 12.7. The molecule has 0 aliphatic carbocycles. The fraction of sp³-hybridized carbons (Fsp3) is 0.714. The first-order valence-corrected chi connectivity index (χ1v) is 7.16. The smallest absolute Gasteiger partial charge is 0.224 e. The Morgan fingerprint density at radius 1 is 1.47 bits per heavy atom. The Hall–Kier alpha value is -1.36. The normalized spacial score (nSPS) is 29.5. The molecule has 0 spiro atoms. The Bertz CT molecular complexity index is 470. The lowest BCUT2D eigenvalue weighted by atomic mass is 9.89. The Morgan fingerprint density at radius 2 is 2.16 bits per heavy atom. The third-order valence-corrected chi connectivity index (χ3v) is 4.55. The summed E-state index contributed by atoms with van der Waals surface area (Å²) in [5, 5.41) is 10.7. The number of nitrogens with zero attached hydrogens (tertiary/aromatic N) is 2. The molecule has 2 bridgehead atoms. The van der Waals surface area contributed by atoms with E-state index >= 15 is 0 Å². The largest absolute Gasteiger partial charge is 0.323 e. The van der Waals surface area contributed by atoms with Crippen molar-refractivity contribution < 1.29 is 4.79 Å². The number of carbonyl (C=O) groups excluding carboxylic acids is 1. The molecule has 2 fully saturated rings. The molecule has 5 nitrogen and oxygen atoms in total. The Labute approximate surface area is 113 Å². The number of aryl methyl sites for hydroxylation is 1. The lowest BCUT2D eigenvalue weighted by Gasteiger charge is -2.28. The van der Waals surface area contributed by atoms with Crippen molar-refractivity contribution in [2.75, 3.05) is 5.32 Å². The van der Waals surface area contributed by atoms with E-state index in [0.717, 1.165) is 24.2 Å². The maximum atomic E-state index is 12.1. The Morgan fingerprint density at radius 3 is 2.74 bits per heavy atom. The van der Waals surface area contributed by atoms with Crippen LogP contribution in [0.2, 0.25) is 0 Å². The van der Waals surface area contributed by atoms with E-state index in [1.165, 1.54) is 12.8 Å². The second kappa shape index (κ2) is 4.96. The van der Waals surface area contributed by atoms with Crippen molar-refractivity contribution in [2.24, 2.45) is 13.0 Å². The summed E-state index contributed by atoms with van der Waals surface area (Å²) in [6.07, 6.45) is 7.23. The number of piperidine rings is 1. The van der Waals surface area contributed by atoms with E-state index in [-0.39, 0.29) is 5.91 Å². The van der Waals surface area contributed by atoms with Crippen LogP contribution in [-0.2, 0) is 11.8 Å². The third-order valence-electron chi connectivity index (χ3n) is 4.55. The van der Waals surface area contributed by atoms with E-state index in [4.69, 9.17) is 0 Å². The van der Waals surface area contributed by atoms with Gasteiger partial charge in [0.05, 0.1) is 17.6 Å². The highest BCUT2D eigenvalue weighted by atomic mass is 16.1. The summed E-state index contributed by atoms with van der Waals surface area (Å²) in [5.74, 6) is 0.665. The summed E-state index contributed by atoms with van der Waals surface area (Å²) in [5.41, 5.74) is 1.84. The van der Waals surface area contributed by atoms with Crippen LogP contribution in [0.4, 0.5) is 5.69 Å². The number of amides is 1. The number of fused-ring (bicyclic) bond motifs is 2. The second-order valence-electron chi connectivity index (χ2n) is 5.99. The summed E-state index contributed by atoms with van der Waals surface area (Å²) in [6, 6.07) is 1.30. The van der Waals surface area contributed by atoms with E-state index in [2.05, 4.69) is 15.7 Å². The van der Waals surface area contributed by atoms with Gasteiger partial charge in [0.15, 0.2) is 0 Å². The van der Waals surface area contributed by atoms with Gasteiger partial charge in [-0.15, -0.1) is 0 Å². The third kappa shape index (κ3) is 2.66. The molecule has 1 aromatic rings. The highest BCUT2D eigenvalue weighted by molar-refractivity contribution is 5.91. The maximum Gasteiger partial charge on any atom is 0.224 e. The van der Waals surface area contributed by atoms with Crippen molar-refractivity contribution in [2.45, 2.75) is 51.1 Å². The monoisotopic (exact) mass is 262 g/mol. The Balaban J connectivity index is 1.55. The van der Waals surface area contributed by atoms with Gasteiger partial charge in [0.1, 0.15) is 0 Å². The van der Waals surface area contributed by atoms with Gasteiger partial charge in [-0.1, -0.05) is 0 Å². The summed E-state index contributed by atoms with van der Waals surface area (Å²) >= 11 is 0. The highest BCUT2D eigenvalue weighted by Gasteiger charge is 2.34. The summed E-state index contributed by atoms with van der Waals surface area (Å²) < 4.78 is 1.78. The SMILES string of the molecule is Cc1c(NC(=O)CC2CC3CCC(C2)N3)cnn1C. The maximum absolute atomic E-state index is 12.1. The molecule has 104 valence electrons. The standard InChI is InChI=1S/C14H22N4O/c1-9-13(8-15-18(9)2)17-14(19)7-10-5-11-3-4-12(6-10)16-11/h8,10-12,16H,3-7H2,1-2H3,(H,17,19). The number of carbonyl (C=O) groups is 1. The van der Waals surface area contributed by atoms with Crippen molar-refractivity contribution in [1.29, 1.82) is 0 Å². The van der Waals surface area contributed by atoms with Crippen molar-refractivity contribution in [3.63, 3.8) is 0 Å². The molecule has 5 heteroatoms. The minimum atomic E-state index is 0.127. The lowest BCUT2D eigenvalue weighted by molar-refractivity contribution is -0.117. The van der Waals surface area contributed by atoms with Crippen LogP contribution in [0.25, 0.3) is 0 Å². The zero-order valence-electron chi connectivity index (χ0n) is 11.6. The second-order valence-corrected chi connectivity index (χ2v) is 5.99. The van der Waals surface area contributed by atoms with E-state index in [1.54, 1.807) is 10.9 Å². The van der Waals surface area contributed by atoms with Crippen molar-refractivity contribution >= 4 is 11.6 Å². The molecule has 2 unspecified atom stereocenters. The molecule has 0 radical (unpaired) electrons. The van der Waals surface area contributed by atoms with Gasteiger partial charge in [-0.3, -0.25) is 9.48 Å². The average Bonchev–Trinajstić information content (AvgIpc) is 2.86. The molecule has 2 aliphatic heterocycles.